The van der Waals surface area contributed by atoms with Crippen LogP contribution in [0.15, 0.2) is 24.3 Å². The third-order valence-electron chi connectivity index (χ3n) is 3.29. The zero-order valence-corrected chi connectivity index (χ0v) is 12.4. The number of carbonyl (C=O) groups excluding carboxylic acids is 1. The van der Waals surface area contributed by atoms with E-state index in [-0.39, 0.29) is 17.3 Å². The van der Waals surface area contributed by atoms with Gasteiger partial charge in [0.1, 0.15) is 0 Å². The molecule has 106 valence electrons. The van der Waals surface area contributed by atoms with Crippen LogP contribution in [0.4, 0.5) is 5.69 Å². The van der Waals surface area contributed by atoms with Crippen molar-refractivity contribution in [1.82, 2.24) is 0 Å². The van der Waals surface area contributed by atoms with E-state index in [2.05, 4.69) is 17.2 Å². The van der Waals surface area contributed by atoms with E-state index in [0.717, 1.165) is 29.8 Å². The zero-order valence-electron chi connectivity index (χ0n) is 11.6. The first-order valence-corrected chi connectivity index (χ1v) is 7.78. The van der Waals surface area contributed by atoms with Crippen molar-refractivity contribution in [3.8, 4) is 11.8 Å². The van der Waals surface area contributed by atoms with Crippen LogP contribution >= 0.6 is 11.8 Å². The third kappa shape index (κ3) is 3.78. The molecule has 0 saturated carbocycles. The van der Waals surface area contributed by atoms with E-state index in [1.165, 1.54) is 0 Å². The standard InChI is InChI=1S/C16H19NO2S/c1-16(9-5-11-20-16)15(19)17-14-8-4-7-13(12-14)6-2-3-10-18/h4,7-8,12,18H,3,5,9-11H2,1H3,(H,17,19). The van der Waals surface area contributed by atoms with E-state index in [1.807, 2.05) is 31.2 Å². The molecule has 4 heteroatoms. The van der Waals surface area contributed by atoms with E-state index >= 15 is 0 Å². The number of carbonyl (C=O) groups is 1. The average molecular weight is 289 g/mol. The van der Waals surface area contributed by atoms with Gasteiger partial charge in [-0.05, 0) is 43.7 Å². The van der Waals surface area contributed by atoms with Gasteiger partial charge in [0.15, 0.2) is 0 Å². The number of benzene rings is 1. The summed E-state index contributed by atoms with van der Waals surface area (Å²) in [6.45, 7) is 2.07. The summed E-state index contributed by atoms with van der Waals surface area (Å²) in [7, 11) is 0. The minimum absolute atomic E-state index is 0.0685. The summed E-state index contributed by atoms with van der Waals surface area (Å²) < 4.78 is -0.307. The van der Waals surface area contributed by atoms with Crippen LogP contribution in [0.5, 0.6) is 0 Å². The number of aliphatic hydroxyl groups is 1. The van der Waals surface area contributed by atoms with Gasteiger partial charge in [-0.3, -0.25) is 4.79 Å². The Bertz CT molecular complexity index is 539. The minimum Gasteiger partial charge on any atom is -0.395 e. The summed E-state index contributed by atoms with van der Waals surface area (Å²) in [6.07, 6.45) is 2.49. The van der Waals surface area contributed by atoms with Crippen molar-refractivity contribution >= 4 is 23.4 Å². The molecule has 0 aromatic heterocycles. The fourth-order valence-electron chi connectivity index (χ4n) is 2.12. The van der Waals surface area contributed by atoms with Crippen molar-refractivity contribution in [3.63, 3.8) is 0 Å². The van der Waals surface area contributed by atoms with Gasteiger partial charge >= 0.3 is 0 Å². The van der Waals surface area contributed by atoms with Crippen LogP contribution in [0, 0.1) is 11.8 Å². The molecule has 1 atom stereocenters. The van der Waals surface area contributed by atoms with Gasteiger partial charge in [0.2, 0.25) is 5.91 Å². The fraction of sp³-hybridized carbons (Fsp3) is 0.438. The van der Waals surface area contributed by atoms with Crippen molar-refractivity contribution < 1.29 is 9.90 Å². The Hall–Kier alpha value is -1.44. The first kappa shape index (κ1) is 15.0. The van der Waals surface area contributed by atoms with Gasteiger partial charge in [-0.15, -0.1) is 11.8 Å². The maximum Gasteiger partial charge on any atom is 0.240 e. The van der Waals surface area contributed by atoms with Crippen LogP contribution < -0.4 is 5.32 Å². The number of thioether (sulfide) groups is 1. The molecule has 1 amide bonds. The van der Waals surface area contributed by atoms with Gasteiger partial charge in [-0.25, -0.2) is 0 Å². The normalized spacial score (nSPS) is 21.1. The molecule has 2 rings (SSSR count). The zero-order chi connectivity index (χ0) is 14.4. The van der Waals surface area contributed by atoms with Crippen LogP contribution in [0.25, 0.3) is 0 Å². The van der Waals surface area contributed by atoms with Gasteiger partial charge in [0.05, 0.1) is 11.4 Å². The van der Waals surface area contributed by atoms with Crippen molar-refractivity contribution in [2.24, 2.45) is 0 Å². The van der Waals surface area contributed by atoms with Crippen molar-refractivity contribution in [2.45, 2.75) is 30.9 Å². The molecule has 20 heavy (non-hydrogen) atoms. The van der Waals surface area contributed by atoms with Crippen molar-refractivity contribution in [1.29, 1.82) is 0 Å². The summed E-state index contributed by atoms with van der Waals surface area (Å²) >= 11 is 1.73. The Balaban J connectivity index is 2.05. The highest BCUT2D eigenvalue weighted by Crippen LogP contribution is 2.38. The molecule has 1 fully saturated rings. The van der Waals surface area contributed by atoms with E-state index in [9.17, 15) is 4.79 Å². The topological polar surface area (TPSA) is 49.3 Å². The lowest BCUT2D eigenvalue weighted by Gasteiger charge is -2.21. The van der Waals surface area contributed by atoms with E-state index < -0.39 is 0 Å². The van der Waals surface area contributed by atoms with Crippen LogP contribution in [-0.2, 0) is 4.79 Å². The predicted molar refractivity (Wildman–Crippen MR) is 83.7 cm³/mol. The maximum absolute atomic E-state index is 12.3. The average Bonchev–Trinajstić information content (AvgIpc) is 2.88. The van der Waals surface area contributed by atoms with Crippen LogP contribution in [0.1, 0.15) is 31.7 Å². The molecule has 0 aliphatic carbocycles. The van der Waals surface area contributed by atoms with E-state index in [4.69, 9.17) is 5.11 Å². The Kier molecular flexibility index (Phi) is 5.11. The lowest BCUT2D eigenvalue weighted by Crippen LogP contribution is -2.34. The summed E-state index contributed by atoms with van der Waals surface area (Å²) in [5.41, 5.74) is 1.63. The highest BCUT2D eigenvalue weighted by atomic mass is 32.2. The van der Waals surface area contributed by atoms with E-state index in [1.54, 1.807) is 11.8 Å². The van der Waals surface area contributed by atoms with Crippen molar-refractivity contribution in [3.05, 3.63) is 29.8 Å². The Morgan fingerprint density at radius 2 is 2.40 bits per heavy atom. The molecule has 2 N–H and O–H groups in total. The number of nitrogens with one attached hydrogen (secondary N) is 1. The molecule has 1 aromatic rings. The summed E-state index contributed by atoms with van der Waals surface area (Å²) in [5, 5.41) is 11.7. The number of amides is 1. The SMILES string of the molecule is CC1(C(=O)Nc2cccc(C#CCCO)c2)CCCS1. The quantitative estimate of drug-likeness (QED) is 0.841. The minimum atomic E-state index is -0.307. The number of hydrogen-bond donors (Lipinski definition) is 2. The number of anilines is 1. The highest BCUT2D eigenvalue weighted by molar-refractivity contribution is 8.01. The molecule has 0 bridgehead atoms. The van der Waals surface area contributed by atoms with Gasteiger partial charge in [0.25, 0.3) is 0 Å². The summed E-state index contributed by atoms with van der Waals surface area (Å²) in [5.74, 6) is 6.97. The third-order valence-corrected chi connectivity index (χ3v) is 4.81. The first-order valence-electron chi connectivity index (χ1n) is 6.79. The molecule has 1 aliphatic heterocycles. The van der Waals surface area contributed by atoms with Gasteiger partial charge < -0.3 is 10.4 Å². The number of aliphatic hydroxyl groups excluding tert-OH is 1. The van der Waals surface area contributed by atoms with Crippen LogP contribution in [0.2, 0.25) is 0 Å². The second-order valence-corrected chi connectivity index (χ2v) is 6.59. The molecular formula is C16H19NO2S. The van der Waals surface area contributed by atoms with Gasteiger partial charge in [0, 0.05) is 17.7 Å². The van der Waals surface area contributed by atoms with Crippen molar-refractivity contribution in [2.75, 3.05) is 17.7 Å². The van der Waals surface area contributed by atoms with E-state index in [0.29, 0.717) is 6.42 Å². The first-order chi connectivity index (χ1) is 9.64. The molecular weight excluding hydrogens is 270 g/mol. The Morgan fingerprint density at radius 3 is 3.10 bits per heavy atom. The molecule has 1 saturated heterocycles. The largest absolute Gasteiger partial charge is 0.395 e. The smallest absolute Gasteiger partial charge is 0.240 e. The molecule has 1 unspecified atom stereocenters. The van der Waals surface area contributed by atoms with Gasteiger partial charge in [-0.2, -0.15) is 0 Å². The fourth-order valence-corrected chi connectivity index (χ4v) is 3.33. The van der Waals surface area contributed by atoms with Crippen LogP contribution in [0.3, 0.4) is 0 Å². The number of rotatable bonds is 3. The molecule has 1 heterocycles. The number of hydrogen-bond acceptors (Lipinski definition) is 3. The monoisotopic (exact) mass is 289 g/mol. The summed E-state index contributed by atoms with van der Waals surface area (Å²) in [4.78, 5) is 12.3. The van der Waals surface area contributed by atoms with Crippen LogP contribution in [-0.4, -0.2) is 28.1 Å². The predicted octanol–water partition coefficient (Wildman–Crippen LogP) is 2.64. The second-order valence-electron chi connectivity index (χ2n) is 4.99. The highest BCUT2D eigenvalue weighted by Gasteiger charge is 2.37. The Morgan fingerprint density at radius 1 is 1.55 bits per heavy atom. The molecule has 1 aliphatic rings. The second kappa shape index (κ2) is 6.83. The van der Waals surface area contributed by atoms with Gasteiger partial charge in [-0.1, -0.05) is 17.9 Å². The molecule has 1 aromatic carbocycles. The molecule has 0 spiro atoms. The lowest BCUT2D eigenvalue weighted by atomic mass is 10.0. The lowest BCUT2D eigenvalue weighted by molar-refractivity contribution is -0.118. The maximum atomic E-state index is 12.3. The molecule has 0 radical (unpaired) electrons. The molecule has 3 nitrogen and oxygen atoms in total. The Labute approximate surface area is 124 Å². The summed E-state index contributed by atoms with van der Waals surface area (Å²) in [6, 6.07) is 7.51.